The molecule has 1 saturated heterocycles. The SMILES string of the molecule is C[C@H]1OC[C@]2(c3cc(-c4cncnc4)ccc3F)SC(N)=NC[C@@H]12. The van der Waals surface area contributed by atoms with Crippen molar-refractivity contribution in [1.29, 1.82) is 0 Å². The van der Waals surface area contributed by atoms with Crippen molar-refractivity contribution in [2.24, 2.45) is 16.6 Å². The highest BCUT2D eigenvalue weighted by atomic mass is 32.2. The Bertz CT molecular complexity index is 800. The topological polar surface area (TPSA) is 73.4 Å². The van der Waals surface area contributed by atoms with E-state index in [1.165, 1.54) is 24.2 Å². The van der Waals surface area contributed by atoms with Crippen molar-refractivity contribution < 1.29 is 9.13 Å². The zero-order valence-corrected chi connectivity index (χ0v) is 14.0. The van der Waals surface area contributed by atoms with Crippen molar-refractivity contribution >= 4 is 16.9 Å². The van der Waals surface area contributed by atoms with Gasteiger partial charge in [0.2, 0.25) is 0 Å². The van der Waals surface area contributed by atoms with Crippen LogP contribution in [0, 0.1) is 11.7 Å². The smallest absolute Gasteiger partial charge is 0.154 e. The Morgan fingerprint density at radius 3 is 2.88 bits per heavy atom. The van der Waals surface area contributed by atoms with Gasteiger partial charge in [0.05, 0.1) is 17.5 Å². The molecule has 2 aliphatic rings. The minimum atomic E-state index is -0.541. The van der Waals surface area contributed by atoms with E-state index in [1.807, 2.05) is 13.0 Å². The third-order valence-corrected chi connectivity index (χ3v) is 6.12. The number of fused-ring (bicyclic) bond motifs is 1. The van der Waals surface area contributed by atoms with Crippen molar-refractivity contribution in [3.63, 3.8) is 0 Å². The van der Waals surface area contributed by atoms with E-state index in [9.17, 15) is 4.39 Å². The fraction of sp³-hybridized carbons (Fsp3) is 0.353. The van der Waals surface area contributed by atoms with Crippen LogP contribution in [0.2, 0.25) is 0 Å². The molecule has 3 heterocycles. The monoisotopic (exact) mass is 344 g/mol. The molecule has 1 aromatic carbocycles. The van der Waals surface area contributed by atoms with Gasteiger partial charge in [-0.1, -0.05) is 17.8 Å². The fourth-order valence-electron chi connectivity index (χ4n) is 3.48. The van der Waals surface area contributed by atoms with Gasteiger partial charge in [-0.3, -0.25) is 4.99 Å². The minimum absolute atomic E-state index is 0.0115. The van der Waals surface area contributed by atoms with Crippen LogP contribution in [-0.2, 0) is 9.48 Å². The molecule has 0 bridgehead atoms. The lowest BCUT2D eigenvalue weighted by Gasteiger charge is -2.37. The number of benzene rings is 1. The molecule has 0 amide bonds. The van der Waals surface area contributed by atoms with Gasteiger partial charge in [-0.05, 0) is 24.6 Å². The normalized spacial score (nSPS) is 29.2. The van der Waals surface area contributed by atoms with Crippen LogP contribution in [0.3, 0.4) is 0 Å². The zero-order valence-electron chi connectivity index (χ0n) is 13.1. The van der Waals surface area contributed by atoms with Gasteiger partial charge in [0.25, 0.3) is 0 Å². The summed E-state index contributed by atoms with van der Waals surface area (Å²) in [6.45, 7) is 2.99. The molecule has 1 aromatic heterocycles. The predicted octanol–water partition coefficient (Wildman–Crippen LogP) is 2.57. The highest BCUT2D eigenvalue weighted by Crippen LogP contribution is 2.53. The first-order valence-electron chi connectivity index (χ1n) is 7.76. The second-order valence-electron chi connectivity index (χ2n) is 6.11. The summed E-state index contributed by atoms with van der Waals surface area (Å²) in [7, 11) is 0. The number of rotatable bonds is 2. The third-order valence-electron chi connectivity index (χ3n) is 4.77. The Morgan fingerprint density at radius 2 is 2.08 bits per heavy atom. The average molecular weight is 344 g/mol. The summed E-state index contributed by atoms with van der Waals surface area (Å²) in [4.78, 5) is 12.4. The summed E-state index contributed by atoms with van der Waals surface area (Å²) < 4.78 is 20.1. The number of halogens is 1. The van der Waals surface area contributed by atoms with E-state index in [-0.39, 0.29) is 17.8 Å². The number of aromatic nitrogens is 2. The molecule has 5 nitrogen and oxygen atoms in total. The first-order valence-corrected chi connectivity index (χ1v) is 8.58. The number of ether oxygens (including phenoxy) is 1. The molecule has 0 unspecified atom stereocenters. The largest absolute Gasteiger partial charge is 0.379 e. The van der Waals surface area contributed by atoms with Crippen molar-refractivity contribution in [3.05, 3.63) is 48.3 Å². The lowest BCUT2D eigenvalue weighted by Crippen LogP contribution is -2.41. The van der Waals surface area contributed by atoms with Gasteiger partial charge in [0.1, 0.15) is 12.1 Å². The van der Waals surface area contributed by atoms with Crippen molar-refractivity contribution in [2.75, 3.05) is 13.2 Å². The van der Waals surface area contributed by atoms with Crippen molar-refractivity contribution in [3.8, 4) is 11.1 Å². The van der Waals surface area contributed by atoms with E-state index in [1.54, 1.807) is 18.5 Å². The van der Waals surface area contributed by atoms with Gasteiger partial charge in [-0.2, -0.15) is 0 Å². The Kier molecular flexibility index (Phi) is 3.77. The van der Waals surface area contributed by atoms with E-state index in [0.29, 0.717) is 23.9 Å². The second-order valence-corrected chi connectivity index (χ2v) is 7.47. The van der Waals surface area contributed by atoms with Gasteiger partial charge in [0.15, 0.2) is 5.17 Å². The molecule has 124 valence electrons. The van der Waals surface area contributed by atoms with Gasteiger partial charge in [0, 0.05) is 36.0 Å². The minimum Gasteiger partial charge on any atom is -0.379 e. The van der Waals surface area contributed by atoms with Crippen LogP contribution in [0.5, 0.6) is 0 Å². The molecule has 3 atom stereocenters. The van der Waals surface area contributed by atoms with Crippen LogP contribution in [0.1, 0.15) is 12.5 Å². The lowest BCUT2D eigenvalue weighted by molar-refractivity contribution is 0.107. The summed E-state index contributed by atoms with van der Waals surface area (Å²) in [5.41, 5.74) is 8.31. The summed E-state index contributed by atoms with van der Waals surface area (Å²) in [5.74, 6) is -0.160. The van der Waals surface area contributed by atoms with Gasteiger partial charge in [-0.15, -0.1) is 0 Å². The molecule has 0 spiro atoms. The summed E-state index contributed by atoms with van der Waals surface area (Å²) in [6, 6.07) is 5.11. The Balaban J connectivity index is 1.85. The van der Waals surface area contributed by atoms with Crippen LogP contribution < -0.4 is 5.73 Å². The van der Waals surface area contributed by atoms with Crippen LogP contribution in [0.15, 0.2) is 41.9 Å². The Morgan fingerprint density at radius 1 is 1.29 bits per heavy atom. The maximum Gasteiger partial charge on any atom is 0.154 e. The number of hydrogen-bond acceptors (Lipinski definition) is 6. The third kappa shape index (κ3) is 2.39. The van der Waals surface area contributed by atoms with Crippen LogP contribution in [0.25, 0.3) is 11.1 Å². The molecule has 4 rings (SSSR count). The molecule has 7 heteroatoms. The van der Waals surface area contributed by atoms with Crippen LogP contribution in [-0.4, -0.2) is 34.4 Å². The summed E-state index contributed by atoms with van der Waals surface area (Å²) in [5, 5.41) is 0.483. The molecule has 1 fully saturated rings. The highest BCUT2D eigenvalue weighted by molar-refractivity contribution is 8.14. The second kappa shape index (κ2) is 5.82. The summed E-state index contributed by atoms with van der Waals surface area (Å²) in [6.07, 6.45) is 4.93. The van der Waals surface area contributed by atoms with Gasteiger partial charge >= 0.3 is 0 Å². The molecule has 0 radical (unpaired) electrons. The quantitative estimate of drug-likeness (QED) is 0.906. The zero-order chi connectivity index (χ0) is 16.7. The molecule has 24 heavy (non-hydrogen) atoms. The summed E-state index contributed by atoms with van der Waals surface area (Å²) >= 11 is 1.41. The van der Waals surface area contributed by atoms with Gasteiger partial charge in [-0.25, -0.2) is 14.4 Å². The molecule has 2 aliphatic heterocycles. The standard InChI is InChI=1S/C17H17FN4OS/c1-10-14-7-22-16(19)24-17(14,8-23-10)13-4-11(2-3-15(13)18)12-5-20-9-21-6-12/h2-6,9-10,14H,7-8H2,1H3,(H2,19,22)/t10-,14+,17-/m1/s1. The number of nitrogens with two attached hydrogens (primary N) is 1. The predicted molar refractivity (Wildman–Crippen MR) is 92.1 cm³/mol. The van der Waals surface area contributed by atoms with E-state index in [0.717, 1.165) is 11.1 Å². The number of hydrogen-bond donors (Lipinski definition) is 1. The molecule has 0 aliphatic carbocycles. The maximum atomic E-state index is 14.8. The van der Waals surface area contributed by atoms with E-state index < -0.39 is 4.75 Å². The maximum absolute atomic E-state index is 14.8. The first kappa shape index (κ1) is 15.5. The average Bonchev–Trinajstić information content (AvgIpc) is 2.93. The molecule has 2 aromatic rings. The first-order chi connectivity index (χ1) is 11.6. The molecule has 0 saturated carbocycles. The van der Waals surface area contributed by atoms with Crippen LogP contribution in [0.4, 0.5) is 4.39 Å². The van der Waals surface area contributed by atoms with E-state index in [4.69, 9.17) is 10.5 Å². The Hall–Kier alpha value is -1.99. The number of amidine groups is 1. The van der Waals surface area contributed by atoms with E-state index in [2.05, 4.69) is 15.0 Å². The lowest BCUT2D eigenvalue weighted by atomic mass is 9.83. The molecule has 2 N–H and O–H groups in total. The van der Waals surface area contributed by atoms with Gasteiger partial charge < -0.3 is 10.5 Å². The highest BCUT2D eigenvalue weighted by Gasteiger charge is 2.53. The van der Waals surface area contributed by atoms with Crippen molar-refractivity contribution in [1.82, 2.24) is 9.97 Å². The fourth-order valence-corrected chi connectivity index (χ4v) is 4.80. The van der Waals surface area contributed by atoms with E-state index >= 15 is 0 Å². The molecular weight excluding hydrogens is 327 g/mol. The number of nitrogens with zero attached hydrogens (tertiary/aromatic N) is 3. The Labute approximate surface area is 143 Å². The van der Waals surface area contributed by atoms with Crippen LogP contribution >= 0.6 is 11.8 Å². The number of thioether (sulfide) groups is 1. The molecular formula is C17H17FN4OS. The number of aliphatic imine (C=N–C) groups is 1. The van der Waals surface area contributed by atoms with Crippen molar-refractivity contribution in [2.45, 2.75) is 17.8 Å².